The van der Waals surface area contributed by atoms with Crippen molar-refractivity contribution in [3.05, 3.63) is 65.2 Å². The van der Waals surface area contributed by atoms with Crippen LogP contribution in [-0.4, -0.2) is 25.3 Å². The molecule has 106 valence electrons. The summed E-state index contributed by atoms with van der Waals surface area (Å²) in [6, 6.07) is 12.5. The zero-order chi connectivity index (χ0) is 15.2. The number of methoxy groups -OCH3 is 1. The van der Waals surface area contributed by atoms with Crippen LogP contribution in [0.3, 0.4) is 0 Å². The van der Waals surface area contributed by atoms with Gasteiger partial charge >= 0.3 is 11.9 Å². The predicted octanol–water partition coefficient (Wildman–Crippen LogP) is 2.50. The van der Waals surface area contributed by atoms with Crippen LogP contribution in [0.4, 0.5) is 0 Å². The molecule has 0 N–H and O–H groups in total. The molecular formula is C16H12O5. The van der Waals surface area contributed by atoms with Gasteiger partial charge in [-0.25, -0.2) is 9.59 Å². The molecule has 5 nitrogen and oxygen atoms in total. The van der Waals surface area contributed by atoms with Crippen molar-refractivity contribution in [3.63, 3.8) is 0 Å². The molecule has 2 aromatic carbocycles. The largest absolute Gasteiger partial charge is 0.465 e. The van der Waals surface area contributed by atoms with Crippen molar-refractivity contribution >= 4 is 18.2 Å². The molecule has 0 saturated carbocycles. The predicted molar refractivity (Wildman–Crippen MR) is 74.6 cm³/mol. The van der Waals surface area contributed by atoms with Gasteiger partial charge in [-0.2, -0.15) is 0 Å². The average Bonchev–Trinajstić information content (AvgIpc) is 2.55. The summed E-state index contributed by atoms with van der Waals surface area (Å²) in [6.07, 6.45) is 0.514. The van der Waals surface area contributed by atoms with E-state index >= 15 is 0 Å². The summed E-state index contributed by atoms with van der Waals surface area (Å²) < 4.78 is 9.73. The Morgan fingerprint density at radius 3 is 2.29 bits per heavy atom. The van der Waals surface area contributed by atoms with E-state index in [4.69, 9.17) is 4.74 Å². The van der Waals surface area contributed by atoms with Crippen molar-refractivity contribution in [1.29, 1.82) is 0 Å². The number of aldehydes is 1. The highest BCUT2D eigenvalue weighted by Gasteiger charge is 2.14. The topological polar surface area (TPSA) is 69.7 Å². The van der Waals surface area contributed by atoms with E-state index in [0.717, 1.165) is 0 Å². The second-order valence-electron chi connectivity index (χ2n) is 4.12. The SMILES string of the molecule is COC(=O)c1ccc(OC(=O)c2ccccc2)c(C=O)c1. The van der Waals surface area contributed by atoms with Crippen LogP contribution in [0.15, 0.2) is 48.5 Å². The molecule has 0 aliphatic carbocycles. The molecule has 0 saturated heterocycles. The molecule has 2 rings (SSSR count). The van der Waals surface area contributed by atoms with E-state index in [1.807, 2.05) is 0 Å². The first-order valence-electron chi connectivity index (χ1n) is 6.10. The van der Waals surface area contributed by atoms with Gasteiger partial charge in [0.1, 0.15) is 5.75 Å². The Morgan fingerprint density at radius 1 is 0.952 bits per heavy atom. The van der Waals surface area contributed by atoms with Crippen LogP contribution in [0.1, 0.15) is 31.1 Å². The van der Waals surface area contributed by atoms with Crippen molar-refractivity contribution in [3.8, 4) is 5.75 Å². The maximum Gasteiger partial charge on any atom is 0.343 e. The molecule has 2 aromatic rings. The minimum atomic E-state index is -0.579. The quantitative estimate of drug-likeness (QED) is 0.490. The Bertz CT molecular complexity index is 676. The summed E-state index contributed by atoms with van der Waals surface area (Å²) >= 11 is 0. The van der Waals surface area contributed by atoms with Gasteiger partial charge in [0.05, 0.1) is 23.8 Å². The normalized spacial score (nSPS) is 9.76. The molecule has 0 radical (unpaired) electrons. The molecule has 0 atom stereocenters. The highest BCUT2D eigenvalue weighted by atomic mass is 16.5. The summed E-state index contributed by atoms with van der Waals surface area (Å²) in [5.41, 5.74) is 0.674. The Hall–Kier alpha value is -2.95. The summed E-state index contributed by atoms with van der Waals surface area (Å²) in [4.78, 5) is 34.4. The van der Waals surface area contributed by atoms with E-state index in [9.17, 15) is 14.4 Å². The third-order valence-corrected chi connectivity index (χ3v) is 2.77. The van der Waals surface area contributed by atoms with Gasteiger partial charge in [0.15, 0.2) is 6.29 Å². The summed E-state index contributed by atoms with van der Waals surface area (Å²) in [7, 11) is 1.24. The molecule has 0 unspecified atom stereocenters. The molecule has 0 aromatic heterocycles. The van der Waals surface area contributed by atoms with Gasteiger partial charge in [0.25, 0.3) is 0 Å². The molecule has 0 amide bonds. The van der Waals surface area contributed by atoms with Crippen molar-refractivity contribution in [1.82, 2.24) is 0 Å². The summed E-state index contributed by atoms with van der Waals surface area (Å²) in [6.45, 7) is 0. The number of rotatable bonds is 4. The molecular weight excluding hydrogens is 272 g/mol. The van der Waals surface area contributed by atoms with Gasteiger partial charge in [-0.3, -0.25) is 4.79 Å². The molecule has 0 bridgehead atoms. The lowest BCUT2D eigenvalue weighted by Crippen LogP contribution is -2.10. The first-order valence-corrected chi connectivity index (χ1v) is 6.10. The molecule has 5 heteroatoms. The Kier molecular flexibility index (Phi) is 4.46. The van der Waals surface area contributed by atoms with Crippen LogP contribution in [0, 0.1) is 0 Å². The van der Waals surface area contributed by atoms with Gasteiger partial charge < -0.3 is 9.47 Å². The first-order chi connectivity index (χ1) is 10.2. The smallest absolute Gasteiger partial charge is 0.343 e. The van der Waals surface area contributed by atoms with Crippen molar-refractivity contribution < 1.29 is 23.9 Å². The number of hydrogen-bond acceptors (Lipinski definition) is 5. The fourth-order valence-corrected chi connectivity index (χ4v) is 1.71. The van der Waals surface area contributed by atoms with E-state index in [1.54, 1.807) is 30.3 Å². The fraction of sp³-hybridized carbons (Fsp3) is 0.0625. The van der Waals surface area contributed by atoms with Gasteiger partial charge in [-0.1, -0.05) is 18.2 Å². The van der Waals surface area contributed by atoms with Gasteiger partial charge in [0, 0.05) is 0 Å². The lowest BCUT2D eigenvalue weighted by molar-refractivity contribution is 0.0600. The van der Waals surface area contributed by atoms with Crippen LogP contribution in [0.2, 0.25) is 0 Å². The Balaban J connectivity index is 2.26. The third-order valence-electron chi connectivity index (χ3n) is 2.77. The Labute approximate surface area is 121 Å². The highest BCUT2D eigenvalue weighted by Crippen LogP contribution is 2.20. The summed E-state index contributed by atoms with van der Waals surface area (Å²) in [5, 5.41) is 0. The van der Waals surface area contributed by atoms with Gasteiger partial charge in [0.2, 0.25) is 0 Å². The zero-order valence-electron chi connectivity index (χ0n) is 11.2. The average molecular weight is 284 g/mol. The zero-order valence-corrected chi connectivity index (χ0v) is 11.2. The maximum absolute atomic E-state index is 11.9. The second kappa shape index (κ2) is 6.47. The monoisotopic (exact) mass is 284 g/mol. The number of carbonyl (C=O) groups excluding carboxylic acids is 3. The van der Waals surface area contributed by atoms with Gasteiger partial charge in [-0.05, 0) is 30.3 Å². The standard InChI is InChI=1S/C16H12O5/c1-20-15(18)12-7-8-14(13(9-12)10-17)21-16(19)11-5-3-2-4-6-11/h2-10H,1H3. The minimum Gasteiger partial charge on any atom is -0.465 e. The number of carbonyl (C=O) groups is 3. The lowest BCUT2D eigenvalue weighted by Gasteiger charge is -2.08. The van der Waals surface area contributed by atoms with Crippen LogP contribution in [0.25, 0.3) is 0 Å². The highest BCUT2D eigenvalue weighted by molar-refractivity contribution is 5.95. The molecule has 0 aliphatic heterocycles. The van der Waals surface area contributed by atoms with E-state index in [1.165, 1.54) is 25.3 Å². The van der Waals surface area contributed by atoms with Gasteiger partial charge in [-0.15, -0.1) is 0 Å². The molecule has 0 fully saturated rings. The summed E-state index contributed by atoms with van der Waals surface area (Å²) in [5.74, 6) is -1.06. The lowest BCUT2D eigenvalue weighted by atomic mass is 10.1. The first kappa shape index (κ1) is 14.5. The fourth-order valence-electron chi connectivity index (χ4n) is 1.71. The second-order valence-corrected chi connectivity index (χ2v) is 4.12. The maximum atomic E-state index is 11.9. The number of esters is 2. The van der Waals surface area contributed by atoms with Crippen molar-refractivity contribution in [2.24, 2.45) is 0 Å². The Morgan fingerprint density at radius 2 is 1.67 bits per heavy atom. The minimum absolute atomic E-state index is 0.0894. The van der Waals surface area contributed by atoms with Crippen LogP contribution in [-0.2, 0) is 4.74 Å². The molecule has 0 spiro atoms. The number of ether oxygens (including phenoxy) is 2. The van der Waals surface area contributed by atoms with Crippen LogP contribution in [0.5, 0.6) is 5.75 Å². The molecule has 21 heavy (non-hydrogen) atoms. The van der Waals surface area contributed by atoms with Crippen LogP contribution < -0.4 is 4.74 Å². The van der Waals surface area contributed by atoms with Crippen LogP contribution >= 0.6 is 0 Å². The number of hydrogen-bond donors (Lipinski definition) is 0. The van der Waals surface area contributed by atoms with E-state index < -0.39 is 11.9 Å². The van der Waals surface area contributed by atoms with Crippen molar-refractivity contribution in [2.75, 3.05) is 7.11 Å². The van der Waals surface area contributed by atoms with Crippen molar-refractivity contribution in [2.45, 2.75) is 0 Å². The third kappa shape index (κ3) is 3.33. The van der Waals surface area contributed by atoms with E-state index in [-0.39, 0.29) is 16.9 Å². The number of benzene rings is 2. The molecule has 0 aliphatic rings. The molecule has 0 heterocycles. The van der Waals surface area contributed by atoms with E-state index in [0.29, 0.717) is 11.8 Å². The van der Waals surface area contributed by atoms with E-state index in [2.05, 4.69) is 4.74 Å².